The minimum atomic E-state index is 0.825. The number of fused-ring (bicyclic) bond motifs is 1. The SMILES string of the molecule is COc1ccc(-n2nc3ccc(C)cc3n2)cc1. The summed E-state index contributed by atoms with van der Waals surface area (Å²) in [5, 5.41) is 8.91. The molecule has 3 rings (SSSR count). The van der Waals surface area contributed by atoms with Crippen LogP contribution in [0.1, 0.15) is 5.56 Å². The van der Waals surface area contributed by atoms with Crippen molar-refractivity contribution in [3.05, 3.63) is 48.0 Å². The van der Waals surface area contributed by atoms with E-state index in [1.54, 1.807) is 11.9 Å². The van der Waals surface area contributed by atoms with Gasteiger partial charge >= 0.3 is 0 Å². The van der Waals surface area contributed by atoms with Crippen molar-refractivity contribution in [3.8, 4) is 11.4 Å². The molecule has 4 nitrogen and oxygen atoms in total. The summed E-state index contributed by atoms with van der Waals surface area (Å²) < 4.78 is 5.13. The van der Waals surface area contributed by atoms with Crippen molar-refractivity contribution < 1.29 is 4.74 Å². The Morgan fingerprint density at radius 3 is 2.39 bits per heavy atom. The molecular formula is C14H13N3O. The van der Waals surface area contributed by atoms with Gasteiger partial charge in [-0.15, -0.1) is 10.2 Å². The first-order chi connectivity index (χ1) is 8.76. The molecule has 1 heterocycles. The van der Waals surface area contributed by atoms with Gasteiger partial charge < -0.3 is 4.74 Å². The van der Waals surface area contributed by atoms with E-state index in [-0.39, 0.29) is 0 Å². The summed E-state index contributed by atoms with van der Waals surface area (Å²) in [7, 11) is 1.65. The predicted molar refractivity (Wildman–Crippen MR) is 70.2 cm³/mol. The molecule has 0 bridgehead atoms. The van der Waals surface area contributed by atoms with Crippen molar-refractivity contribution in [2.45, 2.75) is 6.92 Å². The molecule has 0 unspecified atom stereocenters. The Hall–Kier alpha value is -2.36. The summed E-state index contributed by atoms with van der Waals surface area (Å²) in [5.74, 6) is 0.825. The van der Waals surface area contributed by atoms with Crippen molar-refractivity contribution in [2.75, 3.05) is 7.11 Å². The van der Waals surface area contributed by atoms with E-state index >= 15 is 0 Å². The third-order valence-electron chi connectivity index (χ3n) is 2.84. The molecular weight excluding hydrogens is 226 g/mol. The normalized spacial score (nSPS) is 10.8. The molecule has 18 heavy (non-hydrogen) atoms. The molecule has 4 heteroatoms. The van der Waals surface area contributed by atoms with Gasteiger partial charge in [0.2, 0.25) is 0 Å². The van der Waals surface area contributed by atoms with E-state index in [0.717, 1.165) is 22.5 Å². The van der Waals surface area contributed by atoms with Crippen molar-refractivity contribution in [2.24, 2.45) is 0 Å². The molecule has 0 fully saturated rings. The zero-order chi connectivity index (χ0) is 12.5. The maximum atomic E-state index is 5.13. The van der Waals surface area contributed by atoms with Crippen molar-refractivity contribution in [1.82, 2.24) is 15.0 Å². The molecule has 1 aromatic heterocycles. The highest BCUT2D eigenvalue weighted by atomic mass is 16.5. The summed E-state index contributed by atoms with van der Waals surface area (Å²) in [4.78, 5) is 1.64. The van der Waals surface area contributed by atoms with Crippen LogP contribution in [0.2, 0.25) is 0 Å². The van der Waals surface area contributed by atoms with Crippen LogP contribution in [0.5, 0.6) is 5.75 Å². The quantitative estimate of drug-likeness (QED) is 0.690. The minimum Gasteiger partial charge on any atom is -0.497 e. The lowest BCUT2D eigenvalue weighted by Crippen LogP contribution is -1.98. The molecule has 0 saturated carbocycles. The molecule has 0 aliphatic heterocycles. The Bertz CT molecular complexity index is 686. The zero-order valence-corrected chi connectivity index (χ0v) is 10.3. The number of ether oxygens (including phenoxy) is 1. The molecule has 90 valence electrons. The molecule has 0 amide bonds. The van der Waals surface area contributed by atoms with Crippen LogP contribution in [0, 0.1) is 6.92 Å². The van der Waals surface area contributed by atoms with Crippen LogP contribution in [0.15, 0.2) is 42.5 Å². The van der Waals surface area contributed by atoms with Gasteiger partial charge in [-0.2, -0.15) is 4.80 Å². The van der Waals surface area contributed by atoms with Gasteiger partial charge in [-0.25, -0.2) is 0 Å². The van der Waals surface area contributed by atoms with Gasteiger partial charge in [0.1, 0.15) is 16.8 Å². The second-order valence-electron chi connectivity index (χ2n) is 4.18. The monoisotopic (exact) mass is 239 g/mol. The van der Waals surface area contributed by atoms with Gasteiger partial charge in [0, 0.05) is 0 Å². The Balaban J connectivity index is 2.07. The van der Waals surface area contributed by atoms with Crippen molar-refractivity contribution in [3.63, 3.8) is 0 Å². The molecule has 0 radical (unpaired) electrons. The van der Waals surface area contributed by atoms with E-state index in [9.17, 15) is 0 Å². The number of benzene rings is 2. The average molecular weight is 239 g/mol. The van der Waals surface area contributed by atoms with Crippen molar-refractivity contribution >= 4 is 11.0 Å². The van der Waals surface area contributed by atoms with Gasteiger partial charge in [0.25, 0.3) is 0 Å². The van der Waals surface area contributed by atoms with Crippen LogP contribution < -0.4 is 4.74 Å². The second kappa shape index (κ2) is 4.14. The third kappa shape index (κ3) is 1.82. The fourth-order valence-electron chi connectivity index (χ4n) is 1.86. The smallest absolute Gasteiger partial charge is 0.119 e. The largest absolute Gasteiger partial charge is 0.497 e. The number of aryl methyl sites for hydroxylation is 1. The van der Waals surface area contributed by atoms with Crippen LogP contribution in [0.4, 0.5) is 0 Å². The summed E-state index contributed by atoms with van der Waals surface area (Å²) in [6.45, 7) is 2.05. The Morgan fingerprint density at radius 2 is 1.67 bits per heavy atom. The van der Waals surface area contributed by atoms with Gasteiger partial charge in [-0.3, -0.25) is 0 Å². The number of aromatic nitrogens is 3. The summed E-state index contributed by atoms with van der Waals surface area (Å²) in [6.07, 6.45) is 0. The Kier molecular flexibility index (Phi) is 2.48. The maximum absolute atomic E-state index is 5.13. The highest BCUT2D eigenvalue weighted by Crippen LogP contribution is 2.16. The standard InChI is InChI=1S/C14H13N3O/c1-10-3-8-13-14(9-10)16-17(15-13)11-4-6-12(18-2)7-5-11/h3-9H,1-2H3. The first-order valence-corrected chi connectivity index (χ1v) is 5.74. The van der Waals surface area contributed by atoms with E-state index in [0.29, 0.717) is 0 Å². The van der Waals surface area contributed by atoms with Gasteiger partial charge in [-0.05, 0) is 48.9 Å². The van der Waals surface area contributed by atoms with Crippen molar-refractivity contribution in [1.29, 1.82) is 0 Å². The summed E-state index contributed by atoms with van der Waals surface area (Å²) in [6, 6.07) is 13.7. The molecule has 0 aliphatic carbocycles. The minimum absolute atomic E-state index is 0.825. The lowest BCUT2D eigenvalue weighted by Gasteiger charge is -2.01. The average Bonchev–Trinajstić information content (AvgIpc) is 2.81. The van der Waals surface area contributed by atoms with E-state index in [1.807, 2.05) is 49.4 Å². The number of hydrogen-bond acceptors (Lipinski definition) is 3. The molecule has 0 saturated heterocycles. The number of rotatable bonds is 2. The number of hydrogen-bond donors (Lipinski definition) is 0. The Labute approximate surface area is 105 Å². The topological polar surface area (TPSA) is 39.9 Å². The van der Waals surface area contributed by atoms with Crippen LogP contribution in [0.3, 0.4) is 0 Å². The summed E-state index contributed by atoms with van der Waals surface area (Å²) in [5.41, 5.74) is 3.91. The second-order valence-corrected chi connectivity index (χ2v) is 4.18. The maximum Gasteiger partial charge on any atom is 0.119 e. The van der Waals surface area contributed by atoms with Crippen LogP contribution in [-0.2, 0) is 0 Å². The predicted octanol–water partition coefficient (Wildman–Crippen LogP) is 2.74. The number of methoxy groups -OCH3 is 1. The highest BCUT2D eigenvalue weighted by molar-refractivity contribution is 5.74. The van der Waals surface area contributed by atoms with Crippen LogP contribution in [-0.4, -0.2) is 22.1 Å². The molecule has 3 aromatic rings. The van der Waals surface area contributed by atoms with Gasteiger partial charge in [0.15, 0.2) is 0 Å². The lowest BCUT2D eigenvalue weighted by molar-refractivity contribution is 0.414. The van der Waals surface area contributed by atoms with E-state index in [1.165, 1.54) is 5.56 Å². The van der Waals surface area contributed by atoms with Gasteiger partial charge in [0.05, 0.1) is 12.8 Å². The van der Waals surface area contributed by atoms with E-state index < -0.39 is 0 Å². The van der Waals surface area contributed by atoms with E-state index in [4.69, 9.17) is 4.74 Å². The third-order valence-corrected chi connectivity index (χ3v) is 2.84. The fourth-order valence-corrected chi connectivity index (χ4v) is 1.86. The van der Waals surface area contributed by atoms with Crippen LogP contribution in [0.25, 0.3) is 16.7 Å². The number of nitrogens with zero attached hydrogens (tertiary/aromatic N) is 3. The molecule has 0 spiro atoms. The first kappa shape index (κ1) is 10.8. The van der Waals surface area contributed by atoms with Gasteiger partial charge in [-0.1, -0.05) is 6.07 Å². The molecule has 2 aromatic carbocycles. The zero-order valence-electron chi connectivity index (χ0n) is 10.3. The Morgan fingerprint density at radius 1 is 0.944 bits per heavy atom. The summed E-state index contributed by atoms with van der Waals surface area (Å²) >= 11 is 0. The highest BCUT2D eigenvalue weighted by Gasteiger charge is 2.04. The first-order valence-electron chi connectivity index (χ1n) is 5.74. The van der Waals surface area contributed by atoms with E-state index in [2.05, 4.69) is 10.2 Å². The fraction of sp³-hybridized carbons (Fsp3) is 0.143. The molecule has 0 N–H and O–H groups in total. The lowest BCUT2D eigenvalue weighted by atomic mass is 10.2. The van der Waals surface area contributed by atoms with Crippen LogP contribution >= 0.6 is 0 Å². The molecule has 0 aliphatic rings. The molecule has 0 atom stereocenters.